The number of hydrogen-bond donors (Lipinski definition) is 1. The van der Waals surface area contributed by atoms with Gasteiger partial charge in [0.05, 0.1) is 0 Å². The van der Waals surface area contributed by atoms with Gasteiger partial charge in [0.1, 0.15) is 0 Å². The molecule has 0 aliphatic rings. The van der Waals surface area contributed by atoms with Gasteiger partial charge in [0.25, 0.3) is 0 Å². The van der Waals surface area contributed by atoms with Gasteiger partial charge in [-0.1, -0.05) is 22.9 Å². The number of pyridine rings is 1. The fourth-order valence-electron chi connectivity index (χ4n) is 2.20. The van der Waals surface area contributed by atoms with Gasteiger partial charge in [-0.25, -0.2) is 0 Å². The smallest absolute Gasteiger partial charge is 0.0410 e. The van der Waals surface area contributed by atoms with Gasteiger partial charge in [-0.05, 0) is 93.3 Å². The van der Waals surface area contributed by atoms with Crippen molar-refractivity contribution in [2.24, 2.45) is 0 Å². The normalized spacial score (nSPS) is 12.4. The Morgan fingerprint density at radius 2 is 2.00 bits per heavy atom. The maximum atomic E-state index is 4.27. The molecule has 0 saturated carbocycles. The number of hydrogen-bond acceptors (Lipinski definition) is 2. The first-order chi connectivity index (χ1) is 10.1. The summed E-state index contributed by atoms with van der Waals surface area (Å²) in [6, 6.07) is 8.88. The number of nitrogens with zero attached hydrogens (tertiary/aromatic N) is 1. The molecular formula is C16H17Br2IN2. The van der Waals surface area contributed by atoms with Crippen molar-refractivity contribution < 1.29 is 0 Å². The highest BCUT2D eigenvalue weighted by Crippen LogP contribution is 2.27. The van der Waals surface area contributed by atoms with Crippen LogP contribution in [0, 0.1) is 3.57 Å². The third-order valence-corrected chi connectivity index (χ3v) is 5.08. The summed E-state index contributed by atoms with van der Waals surface area (Å²) in [6.07, 6.45) is 5.81. The molecule has 0 spiro atoms. The van der Waals surface area contributed by atoms with Crippen molar-refractivity contribution in [1.29, 1.82) is 0 Å². The Labute approximate surface area is 156 Å². The number of nitrogens with one attached hydrogen (secondary N) is 1. The Balaban J connectivity index is 2.27. The molecule has 0 amide bonds. The molecule has 1 N–H and O–H groups in total. The highest BCUT2D eigenvalue weighted by molar-refractivity contribution is 14.1. The average molecular weight is 524 g/mol. The molecule has 1 heterocycles. The van der Waals surface area contributed by atoms with Crippen molar-refractivity contribution in [3.63, 3.8) is 0 Å². The minimum atomic E-state index is 0.297. The molecule has 0 bridgehead atoms. The van der Waals surface area contributed by atoms with Crippen LogP contribution >= 0.6 is 54.5 Å². The Bertz CT molecular complexity index is 605. The van der Waals surface area contributed by atoms with Crippen LogP contribution in [-0.2, 0) is 6.42 Å². The van der Waals surface area contributed by atoms with Gasteiger partial charge in [0.2, 0.25) is 0 Å². The van der Waals surface area contributed by atoms with Gasteiger partial charge >= 0.3 is 0 Å². The fraction of sp³-hybridized carbons (Fsp3) is 0.312. The molecule has 2 aromatic rings. The molecule has 21 heavy (non-hydrogen) atoms. The van der Waals surface area contributed by atoms with E-state index in [1.165, 1.54) is 14.7 Å². The third kappa shape index (κ3) is 5.30. The second-order valence-electron chi connectivity index (χ2n) is 4.89. The molecule has 1 unspecified atom stereocenters. The lowest BCUT2D eigenvalue weighted by Gasteiger charge is -2.21. The van der Waals surface area contributed by atoms with Crippen molar-refractivity contribution in [2.45, 2.75) is 25.8 Å². The first kappa shape index (κ1) is 17.4. The average Bonchev–Trinajstić information content (AvgIpc) is 2.46. The maximum Gasteiger partial charge on any atom is 0.0410 e. The van der Waals surface area contributed by atoms with E-state index < -0.39 is 0 Å². The molecule has 0 radical (unpaired) electrons. The summed E-state index contributed by atoms with van der Waals surface area (Å²) in [4.78, 5) is 4.27. The number of rotatable bonds is 6. The summed E-state index contributed by atoms with van der Waals surface area (Å²) in [7, 11) is 0. The molecule has 1 atom stereocenters. The van der Waals surface area contributed by atoms with Crippen molar-refractivity contribution >= 4 is 54.5 Å². The molecule has 0 fully saturated rings. The summed E-state index contributed by atoms with van der Waals surface area (Å²) in [5.74, 6) is 0. The Morgan fingerprint density at radius 1 is 1.19 bits per heavy atom. The SMILES string of the molecule is CCCNC(Cc1cncc(Br)c1)c1cc(Br)ccc1I. The van der Waals surface area contributed by atoms with E-state index in [2.05, 4.69) is 95.9 Å². The topological polar surface area (TPSA) is 24.9 Å². The molecule has 0 aliphatic carbocycles. The van der Waals surface area contributed by atoms with E-state index in [-0.39, 0.29) is 0 Å². The predicted octanol–water partition coefficient (Wildman–Crippen LogP) is 5.49. The summed E-state index contributed by atoms with van der Waals surface area (Å²) in [5, 5.41) is 3.65. The quantitative estimate of drug-likeness (QED) is 0.506. The number of aromatic nitrogens is 1. The van der Waals surface area contributed by atoms with Gasteiger partial charge in [-0.2, -0.15) is 0 Å². The first-order valence-corrected chi connectivity index (χ1v) is 9.54. The van der Waals surface area contributed by atoms with Gasteiger partial charge in [-0.3, -0.25) is 4.98 Å². The fourth-order valence-corrected chi connectivity index (χ4v) is 3.70. The summed E-state index contributed by atoms with van der Waals surface area (Å²) >= 11 is 9.48. The van der Waals surface area contributed by atoms with Crippen LogP contribution in [0.1, 0.15) is 30.5 Å². The lowest BCUT2D eigenvalue weighted by Crippen LogP contribution is -2.25. The molecule has 0 aliphatic heterocycles. The van der Waals surface area contributed by atoms with Crippen LogP contribution in [0.15, 0.2) is 45.6 Å². The van der Waals surface area contributed by atoms with E-state index in [1.54, 1.807) is 0 Å². The highest BCUT2D eigenvalue weighted by Gasteiger charge is 2.15. The lowest BCUT2D eigenvalue weighted by molar-refractivity contribution is 0.526. The van der Waals surface area contributed by atoms with Gasteiger partial charge in [0, 0.05) is 31.0 Å². The van der Waals surface area contributed by atoms with Crippen LogP contribution < -0.4 is 5.32 Å². The van der Waals surface area contributed by atoms with Gasteiger partial charge in [0.15, 0.2) is 0 Å². The number of benzene rings is 1. The van der Waals surface area contributed by atoms with E-state index >= 15 is 0 Å². The first-order valence-electron chi connectivity index (χ1n) is 6.88. The van der Waals surface area contributed by atoms with Crippen molar-refractivity contribution in [3.05, 3.63) is 60.3 Å². The summed E-state index contributed by atoms with van der Waals surface area (Å²) in [6.45, 7) is 3.20. The second-order valence-corrected chi connectivity index (χ2v) is 7.88. The zero-order valence-corrected chi connectivity index (χ0v) is 17.1. The van der Waals surface area contributed by atoms with Crippen molar-refractivity contribution in [1.82, 2.24) is 10.3 Å². The largest absolute Gasteiger partial charge is 0.310 e. The number of halogens is 3. The standard InChI is InChI=1S/C16H17Br2IN2/c1-2-5-21-16(7-11-6-13(18)10-20-9-11)14-8-12(17)3-4-15(14)19/h3-4,6,8-10,16,21H,2,5,7H2,1H3. The Kier molecular flexibility index (Phi) is 7.12. The zero-order chi connectivity index (χ0) is 15.2. The molecule has 2 nitrogen and oxygen atoms in total. The lowest BCUT2D eigenvalue weighted by atomic mass is 10.00. The van der Waals surface area contributed by atoms with Crippen LogP contribution in [-0.4, -0.2) is 11.5 Å². The van der Waals surface area contributed by atoms with Crippen LogP contribution in [0.4, 0.5) is 0 Å². The molecule has 1 aromatic heterocycles. The molecule has 112 valence electrons. The summed E-state index contributed by atoms with van der Waals surface area (Å²) in [5.41, 5.74) is 2.56. The van der Waals surface area contributed by atoms with Crippen LogP contribution in [0.25, 0.3) is 0 Å². The monoisotopic (exact) mass is 522 g/mol. The van der Waals surface area contributed by atoms with Gasteiger partial charge in [-0.15, -0.1) is 0 Å². The van der Waals surface area contributed by atoms with Crippen molar-refractivity contribution in [2.75, 3.05) is 6.54 Å². The molecule has 2 rings (SSSR count). The van der Waals surface area contributed by atoms with E-state index in [1.807, 2.05) is 12.4 Å². The third-order valence-electron chi connectivity index (χ3n) is 3.18. The van der Waals surface area contributed by atoms with Crippen LogP contribution in [0.5, 0.6) is 0 Å². The molecule has 5 heteroatoms. The highest BCUT2D eigenvalue weighted by atomic mass is 127. The summed E-state index contributed by atoms with van der Waals surface area (Å²) < 4.78 is 3.43. The predicted molar refractivity (Wildman–Crippen MR) is 104 cm³/mol. The van der Waals surface area contributed by atoms with Crippen LogP contribution in [0.2, 0.25) is 0 Å². The molecule has 1 aromatic carbocycles. The second kappa shape index (κ2) is 8.60. The molecule has 0 saturated heterocycles. The van der Waals surface area contributed by atoms with Gasteiger partial charge < -0.3 is 5.32 Å². The Hall–Kier alpha value is 0.0200. The Morgan fingerprint density at radius 3 is 2.71 bits per heavy atom. The molecular weight excluding hydrogens is 507 g/mol. The minimum Gasteiger partial charge on any atom is -0.310 e. The van der Waals surface area contributed by atoms with E-state index in [0.717, 1.165) is 28.3 Å². The maximum absolute atomic E-state index is 4.27. The van der Waals surface area contributed by atoms with E-state index in [4.69, 9.17) is 0 Å². The van der Waals surface area contributed by atoms with Crippen molar-refractivity contribution in [3.8, 4) is 0 Å². The van der Waals surface area contributed by atoms with E-state index in [9.17, 15) is 0 Å². The minimum absolute atomic E-state index is 0.297. The zero-order valence-electron chi connectivity index (χ0n) is 11.7. The van der Waals surface area contributed by atoms with E-state index in [0.29, 0.717) is 6.04 Å². The van der Waals surface area contributed by atoms with Crippen LogP contribution in [0.3, 0.4) is 0 Å².